The van der Waals surface area contributed by atoms with Gasteiger partial charge in [-0.2, -0.15) is 0 Å². The number of carboxylic acids is 1. The SMILES string of the molecule is Cc1ncc(/C=C/C(=O)N2CCC(C)(C(=O)O)C2)s1. The molecule has 2 rings (SSSR count). The number of rotatable bonds is 3. The molecule has 1 atom stereocenters. The highest BCUT2D eigenvalue weighted by atomic mass is 32.1. The van der Waals surface area contributed by atoms with Gasteiger partial charge in [0.05, 0.1) is 10.4 Å². The molecule has 1 unspecified atom stereocenters. The fourth-order valence-electron chi connectivity index (χ4n) is 2.04. The molecule has 0 aromatic carbocycles. The molecule has 1 aromatic heterocycles. The zero-order valence-electron chi connectivity index (χ0n) is 10.9. The first kappa shape index (κ1) is 13.7. The normalized spacial score (nSPS) is 23.2. The van der Waals surface area contributed by atoms with Crippen LogP contribution in [0.2, 0.25) is 0 Å². The molecule has 2 heterocycles. The fraction of sp³-hybridized carbons (Fsp3) is 0.462. The Kier molecular flexibility index (Phi) is 3.71. The lowest BCUT2D eigenvalue weighted by molar-refractivity contribution is -0.147. The lowest BCUT2D eigenvalue weighted by Crippen LogP contribution is -2.34. The minimum atomic E-state index is -0.843. The van der Waals surface area contributed by atoms with E-state index in [9.17, 15) is 9.59 Å². The van der Waals surface area contributed by atoms with E-state index in [-0.39, 0.29) is 12.5 Å². The number of hydrogen-bond acceptors (Lipinski definition) is 4. The first-order valence-electron chi connectivity index (χ1n) is 6.03. The van der Waals surface area contributed by atoms with Gasteiger partial charge in [0.25, 0.3) is 0 Å². The standard InChI is InChI=1S/C13H16N2O3S/c1-9-14-7-10(19-9)3-4-11(16)15-6-5-13(2,8-15)12(17)18/h3-4,7H,5-6,8H2,1-2H3,(H,17,18)/b4-3+. The summed E-state index contributed by atoms with van der Waals surface area (Å²) in [5, 5.41) is 10.1. The van der Waals surface area contributed by atoms with Gasteiger partial charge in [-0.05, 0) is 26.3 Å². The fourth-order valence-corrected chi connectivity index (χ4v) is 2.73. The third kappa shape index (κ3) is 3.01. The van der Waals surface area contributed by atoms with Crippen LogP contribution >= 0.6 is 11.3 Å². The Morgan fingerprint density at radius 3 is 2.84 bits per heavy atom. The van der Waals surface area contributed by atoms with Crippen molar-refractivity contribution in [3.63, 3.8) is 0 Å². The van der Waals surface area contributed by atoms with Crippen molar-refractivity contribution in [1.82, 2.24) is 9.88 Å². The minimum absolute atomic E-state index is 0.143. The molecule has 1 fully saturated rings. The van der Waals surface area contributed by atoms with E-state index in [0.717, 1.165) is 9.88 Å². The second kappa shape index (κ2) is 5.13. The summed E-state index contributed by atoms with van der Waals surface area (Å²) < 4.78 is 0. The third-order valence-electron chi connectivity index (χ3n) is 3.33. The predicted octanol–water partition coefficient (Wildman–Crippen LogP) is 1.79. The maximum atomic E-state index is 12.0. The molecule has 5 nitrogen and oxygen atoms in total. The Bertz CT molecular complexity index is 538. The average Bonchev–Trinajstić information content (AvgIpc) is 2.94. The molecule has 1 saturated heterocycles. The highest BCUT2D eigenvalue weighted by Crippen LogP contribution is 2.30. The van der Waals surface area contributed by atoms with Crippen molar-refractivity contribution in [2.75, 3.05) is 13.1 Å². The van der Waals surface area contributed by atoms with E-state index in [1.807, 2.05) is 6.92 Å². The summed E-state index contributed by atoms with van der Waals surface area (Å²) in [5.74, 6) is -0.985. The van der Waals surface area contributed by atoms with Gasteiger partial charge in [0, 0.05) is 30.2 Å². The molecule has 0 spiro atoms. The molecule has 1 aliphatic rings. The van der Waals surface area contributed by atoms with Crippen LogP contribution in [0, 0.1) is 12.3 Å². The van der Waals surface area contributed by atoms with Crippen molar-refractivity contribution in [2.45, 2.75) is 20.3 Å². The maximum absolute atomic E-state index is 12.0. The Morgan fingerprint density at radius 2 is 2.32 bits per heavy atom. The van der Waals surface area contributed by atoms with Gasteiger partial charge < -0.3 is 10.0 Å². The number of amides is 1. The molecule has 6 heteroatoms. The minimum Gasteiger partial charge on any atom is -0.481 e. The quantitative estimate of drug-likeness (QED) is 0.857. The Labute approximate surface area is 115 Å². The number of hydrogen-bond donors (Lipinski definition) is 1. The largest absolute Gasteiger partial charge is 0.481 e. The highest BCUT2D eigenvalue weighted by molar-refractivity contribution is 7.12. The van der Waals surface area contributed by atoms with E-state index in [1.54, 1.807) is 24.1 Å². The molecule has 19 heavy (non-hydrogen) atoms. The van der Waals surface area contributed by atoms with E-state index < -0.39 is 11.4 Å². The number of thiazole rings is 1. The lowest BCUT2D eigenvalue weighted by atomic mass is 9.90. The van der Waals surface area contributed by atoms with E-state index >= 15 is 0 Å². The summed E-state index contributed by atoms with van der Waals surface area (Å²) in [6, 6.07) is 0. The van der Waals surface area contributed by atoms with E-state index in [4.69, 9.17) is 5.11 Å². The maximum Gasteiger partial charge on any atom is 0.311 e. The first-order valence-corrected chi connectivity index (χ1v) is 6.85. The van der Waals surface area contributed by atoms with Gasteiger partial charge in [0.2, 0.25) is 5.91 Å². The van der Waals surface area contributed by atoms with Gasteiger partial charge in [-0.3, -0.25) is 9.59 Å². The summed E-state index contributed by atoms with van der Waals surface area (Å²) in [5.41, 5.74) is -0.815. The molecule has 1 aromatic rings. The van der Waals surface area contributed by atoms with Crippen LogP contribution in [0.25, 0.3) is 6.08 Å². The third-order valence-corrected chi connectivity index (χ3v) is 4.21. The van der Waals surface area contributed by atoms with Crippen LogP contribution in [-0.4, -0.2) is 40.0 Å². The second-order valence-electron chi connectivity index (χ2n) is 4.99. The van der Waals surface area contributed by atoms with Gasteiger partial charge in [-0.15, -0.1) is 11.3 Å². The van der Waals surface area contributed by atoms with Crippen LogP contribution in [0.15, 0.2) is 12.3 Å². The summed E-state index contributed by atoms with van der Waals surface area (Å²) in [4.78, 5) is 29.7. The molecule has 0 radical (unpaired) electrons. The molecule has 1 aliphatic heterocycles. The summed E-state index contributed by atoms with van der Waals surface area (Å²) in [7, 11) is 0. The van der Waals surface area contributed by atoms with Gasteiger partial charge in [-0.1, -0.05) is 0 Å². The molecule has 0 bridgehead atoms. The van der Waals surface area contributed by atoms with Crippen molar-refractivity contribution in [3.05, 3.63) is 22.2 Å². The summed E-state index contributed by atoms with van der Waals surface area (Å²) >= 11 is 1.51. The Hall–Kier alpha value is -1.69. The van der Waals surface area contributed by atoms with Crippen LogP contribution in [0.4, 0.5) is 0 Å². The van der Waals surface area contributed by atoms with Crippen LogP contribution in [0.1, 0.15) is 23.2 Å². The molecule has 0 saturated carbocycles. The van der Waals surface area contributed by atoms with E-state index in [0.29, 0.717) is 13.0 Å². The van der Waals surface area contributed by atoms with Gasteiger partial charge in [0.1, 0.15) is 0 Å². The van der Waals surface area contributed by atoms with Crippen molar-refractivity contribution in [2.24, 2.45) is 5.41 Å². The van der Waals surface area contributed by atoms with Crippen LogP contribution in [0.3, 0.4) is 0 Å². The second-order valence-corrected chi connectivity index (χ2v) is 6.26. The number of carbonyl (C=O) groups excluding carboxylic acids is 1. The van der Waals surface area contributed by atoms with Crippen molar-refractivity contribution in [3.8, 4) is 0 Å². The zero-order valence-corrected chi connectivity index (χ0v) is 11.7. The van der Waals surface area contributed by atoms with E-state index in [1.165, 1.54) is 17.4 Å². The topological polar surface area (TPSA) is 70.5 Å². The number of nitrogens with zero attached hydrogens (tertiary/aromatic N) is 2. The summed E-state index contributed by atoms with van der Waals surface area (Å²) in [6.07, 6.45) is 5.43. The van der Waals surface area contributed by atoms with Crippen LogP contribution in [0.5, 0.6) is 0 Å². The molecule has 102 valence electrons. The van der Waals surface area contributed by atoms with Crippen LogP contribution < -0.4 is 0 Å². The number of aliphatic carboxylic acids is 1. The van der Waals surface area contributed by atoms with Gasteiger partial charge in [0.15, 0.2) is 0 Å². The zero-order chi connectivity index (χ0) is 14.0. The lowest BCUT2D eigenvalue weighted by Gasteiger charge is -2.18. The number of carboxylic acid groups (broad SMARTS) is 1. The molecular formula is C13H16N2O3S. The Balaban J connectivity index is 1.99. The number of likely N-dealkylation sites (tertiary alicyclic amines) is 1. The van der Waals surface area contributed by atoms with Gasteiger partial charge >= 0.3 is 5.97 Å². The van der Waals surface area contributed by atoms with Crippen LogP contribution in [-0.2, 0) is 9.59 Å². The monoisotopic (exact) mass is 280 g/mol. The van der Waals surface area contributed by atoms with E-state index in [2.05, 4.69) is 4.98 Å². The highest BCUT2D eigenvalue weighted by Gasteiger charge is 2.41. The number of carbonyl (C=O) groups is 2. The molecule has 1 N–H and O–H groups in total. The van der Waals surface area contributed by atoms with Crippen molar-refractivity contribution in [1.29, 1.82) is 0 Å². The molecule has 1 amide bonds. The number of aryl methyl sites for hydroxylation is 1. The molecule has 0 aliphatic carbocycles. The summed E-state index contributed by atoms with van der Waals surface area (Å²) in [6.45, 7) is 4.35. The predicted molar refractivity (Wildman–Crippen MR) is 72.8 cm³/mol. The first-order chi connectivity index (χ1) is 8.90. The average molecular weight is 280 g/mol. The van der Waals surface area contributed by atoms with Crippen molar-refractivity contribution < 1.29 is 14.7 Å². The Morgan fingerprint density at radius 1 is 1.58 bits per heavy atom. The smallest absolute Gasteiger partial charge is 0.311 e. The number of aromatic nitrogens is 1. The van der Waals surface area contributed by atoms with Gasteiger partial charge in [-0.25, -0.2) is 4.98 Å². The van der Waals surface area contributed by atoms with Crippen molar-refractivity contribution >= 4 is 29.3 Å². The molecular weight excluding hydrogens is 264 g/mol.